The van der Waals surface area contributed by atoms with Crippen LogP contribution in [0.5, 0.6) is 5.75 Å². The summed E-state index contributed by atoms with van der Waals surface area (Å²) in [6.07, 6.45) is -1.95. The van der Waals surface area contributed by atoms with Crippen LogP contribution in [0.15, 0.2) is 73.1 Å². The molecule has 1 aliphatic rings. The molecule has 1 aromatic heterocycles. The van der Waals surface area contributed by atoms with Gasteiger partial charge in [0.2, 0.25) is 0 Å². The summed E-state index contributed by atoms with van der Waals surface area (Å²) in [5.74, 6) is -1.02. The lowest BCUT2D eigenvalue weighted by atomic mass is 10.2. The number of aromatic nitrogens is 1. The quantitative estimate of drug-likeness (QED) is 0.466. The van der Waals surface area contributed by atoms with Crippen LogP contribution >= 0.6 is 0 Å². The molecular weight excluding hydrogens is 479 g/mol. The fourth-order valence-electron chi connectivity index (χ4n) is 3.61. The van der Waals surface area contributed by atoms with Crippen LogP contribution in [0.25, 0.3) is 0 Å². The highest BCUT2D eigenvalue weighted by Gasteiger charge is 2.43. The average Bonchev–Trinajstić information content (AvgIpc) is 3.03. The molecule has 186 valence electrons. The van der Waals surface area contributed by atoms with Crippen LogP contribution in [-0.2, 0) is 11.3 Å². The van der Waals surface area contributed by atoms with Gasteiger partial charge >= 0.3 is 18.4 Å². The van der Waals surface area contributed by atoms with Crippen molar-refractivity contribution in [1.82, 2.24) is 9.88 Å². The van der Waals surface area contributed by atoms with Crippen molar-refractivity contribution in [3.63, 3.8) is 0 Å². The highest BCUT2D eigenvalue weighted by atomic mass is 19.4. The summed E-state index contributed by atoms with van der Waals surface area (Å²) in [6.45, 7) is 1.51. The first-order valence-electron chi connectivity index (χ1n) is 10.7. The van der Waals surface area contributed by atoms with Crippen molar-refractivity contribution in [2.24, 2.45) is 0 Å². The largest absolute Gasteiger partial charge is 0.573 e. The number of anilines is 3. The van der Waals surface area contributed by atoms with Crippen LogP contribution in [-0.4, -0.2) is 40.3 Å². The highest BCUT2D eigenvalue weighted by Crippen LogP contribution is 2.30. The number of hydrogen-bond acceptors (Lipinski definition) is 5. The van der Waals surface area contributed by atoms with E-state index >= 15 is 0 Å². The molecule has 9 nitrogen and oxygen atoms in total. The van der Waals surface area contributed by atoms with Gasteiger partial charge in [0.15, 0.2) is 0 Å². The molecule has 4 rings (SSSR count). The van der Waals surface area contributed by atoms with Crippen LogP contribution in [0.2, 0.25) is 0 Å². The maximum Gasteiger partial charge on any atom is 0.573 e. The van der Waals surface area contributed by atoms with E-state index in [0.717, 1.165) is 17.0 Å². The molecule has 0 spiro atoms. The third kappa shape index (κ3) is 5.54. The van der Waals surface area contributed by atoms with Crippen molar-refractivity contribution in [3.05, 3.63) is 78.6 Å². The molecule has 3 aromatic rings. The Labute approximate surface area is 203 Å². The van der Waals surface area contributed by atoms with Gasteiger partial charge in [0.05, 0.1) is 24.1 Å². The third-order valence-electron chi connectivity index (χ3n) is 5.34. The van der Waals surface area contributed by atoms with Gasteiger partial charge < -0.3 is 20.3 Å². The minimum atomic E-state index is -4.86. The third-order valence-corrected chi connectivity index (χ3v) is 5.34. The van der Waals surface area contributed by atoms with Gasteiger partial charge in [-0.3, -0.25) is 9.78 Å². The van der Waals surface area contributed by atoms with E-state index in [1.165, 1.54) is 36.4 Å². The van der Waals surface area contributed by atoms with Crippen molar-refractivity contribution >= 4 is 35.0 Å². The Morgan fingerprint density at radius 1 is 1.03 bits per heavy atom. The summed E-state index contributed by atoms with van der Waals surface area (Å²) in [5, 5.41) is 5.37. The van der Waals surface area contributed by atoms with E-state index < -0.39 is 36.1 Å². The van der Waals surface area contributed by atoms with Gasteiger partial charge in [0.25, 0.3) is 5.91 Å². The number of carbonyl (C=O) groups is 3. The van der Waals surface area contributed by atoms with E-state index in [-0.39, 0.29) is 12.2 Å². The topological polar surface area (TPSA) is 104 Å². The van der Waals surface area contributed by atoms with Crippen molar-refractivity contribution in [3.8, 4) is 5.75 Å². The summed E-state index contributed by atoms with van der Waals surface area (Å²) in [7, 11) is 0. The lowest BCUT2D eigenvalue weighted by molar-refractivity contribution is -0.274. The monoisotopic (exact) mass is 499 g/mol. The molecule has 2 aromatic carbocycles. The Bertz CT molecular complexity index is 1270. The zero-order chi connectivity index (χ0) is 25.9. The van der Waals surface area contributed by atoms with Crippen molar-refractivity contribution in [2.45, 2.75) is 25.9 Å². The molecule has 0 bridgehead atoms. The number of hydrogen-bond donors (Lipinski definition) is 2. The van der Waals surface area contributed by atoms with Gasteiger partial charge in [-0.25, -0.2) is 14.5 Å². The van der Waals surface area contributed by atoms with Crippen molar-refractivity contribution in [1.29, 1.82) is 0 Å². The van der Waals surface area contributed by atoms with E-state index in [1.54, 1.807) is 30.3 Å². The number of para-hydroxylation sites is 1. The van der Waals surface area contributed by atoms with Crippen LogP contribution < -0.4 is 20.3 Å². The summed E-state index contributed by atoms with van der Waals surface area (Å²) < 4.78 is 41.1. The standard InChI is InChI=1S/C24H20F3N5O4/c1-15-21(33)32(18-7-9-19(10-8-18)36-24(25,26)27)23(35)31(15)14-16-11-12-28-13-20(16)30-22(34)29-17-5-3-2-4-6-17/h2-13,15H,14H2,1H3,(H2,29,30,34). The predicted molar refractivity (Wildman–Crippen MR) is 124 cm³/mol. The minimum absolute atomic E-state index is 0.0268. The molecule has 1 fully saturated rings. The number of imide groups is 1. The molecule has 0 saturated carbocycles. The van der Waals surface area contributed by atoms with Crippen LogP contribution in [0.4, 0.5) is 39.8 Å². The summed E-state index contributed by atoms with van der Waals surface area (Å²) in [6, 6.07) is 12.8. The number of ether oxygens (including phenoxy) is 1. The number of nitrogens with one attached hydrogen (secondary N) is 2. The number of urea groups is 2. The second-order valence-electron chi connectivity index (χ2n) is 7.78. The number of rotatable bonds is 6. The molecular formula is C24H20F3N5O4. The van der Waals surface area contributed by atoms with Gasteiger partial charge in [0, 0.05) is 11.9 Å². The second-order valence-corrected chi connectivity index (χ2v) is 7.78. The Balaban J connectivity index is 1.49. The zero-order valence-corrected chi connectivity index (χ0v) is 18.8. The lowest BCUT2D eigenvalue weighted by Crippen LogP contribution is -2.34. The molecule has 0 aliphatic carbocycles. The molecule has 1 aliphatic heterocycles. The highest BCUT2D eigenvalue weighted by molar-refractivity contribution is 6.21. The predicted octanol–water partition coefficient (Wildman–Crippen LogP) is 4.98. The number of halogens is 3. The lowest BCUT2D eigenvalue weighted by Gasteiger charge is -2.21. The average molecular weight is 499 g/mol. The fourth-order valence-corrected chi connectivity index (χ4v) is 3.61. The van der Waals surface area contributed by atoms with Crippen LogP contribution in [0.3, 0.4) is 0 Å². The number of nitrogens with zero attached hydrogens (tertiary/aromatic N) is 3. The fraction of sp³-hybridized carbons (Fsp3) is 0.167. The van der Waals surface area contributed by atoms with Gasteiger partial charge in [-0.15, -0.1) is 13.2 Å². The van der Waals surface area contributed by atoms with E-state index in [4.69, 9.17) is 0 Å². The van der Waals surface area contributed by atoms with E-state index in [0.29, 0.717) is 16.9 Å². The summed E-state index contributed by atoms with van der Waals surface area (Å²) in [5.41, 5.74) is 1.54. The number of pyridine rings is 1. The van der Waals surface area contributed by atoms with Gasteiger partial charge in [-0.05, 0) is 55.0 Å². The molecule has 12 heteroatoms. The van der Waals surface area contributed by atoms with Crippen molar-refractivity contribution < 1.29 is 32.3 Å². The molecule has 1 saturated heterocycles. The molecule has 1 unspecified atom stereocenters. The van der Waals surface area contributed by atoms with Crippen LogP contribution in [0.1, 0.15) is 12.5 Å². The van der Waals surface area contributed by atoms with Gasteiger partial charge in [0.1, 0.15) is 11.8 Å². The molecule has 2 heterocycles. The Morgan fingerprint density at radius 3 is 2.39 bits per heavy atom. The van der Waals surface area contributed by atoms with Gasteiger partial charge in [-0.2, -0.15) is 0 Å². The maximum absolute atomic E-state index is 13.1. The maximum atomic E-state index is 13.1. The normalized spacial score (nSPS) is 15.7. The van der Waals surface area contributed by atoms with E-state index in [1.807, 2.05) is 6.07 Å². The first-order chi connectivity index (χ1) is 17.1. The zero-order valence-electron chi connectivity index (χ0n) is 18.8. The number of benzene rings is 2. The Morgan fingerprint density at radius 2 is 1.72 bits per heavy atom. The van der Waals surface area contributed by atoms with E-state index in [2.05, 4.69) is 20.4 Å². The summed E-state index contributed by atoms with van der Waals surface area (Å²) >= 11 is 0. The number of carbonyl (C=O) groups excluding carboxylic acids is 3. The summed E-state index contributed by atoms with van der Waals surface area (Å²) in [4.78, 5) is 44.6. The smallest absolute Gasteiger partial charge is 0.406 e. The first kappa shape index (κ1) is 24.5. The molecule has 0 radical (unpaired) electrons. The van der Waals surface area contributed by atoms with Crippen molar-refractivity contribution in [2.75, 3.05) is 15.5 Å². The van der Waals surface area contributed by atoms with Gasteiger partial charge in [-0.1, -0.05) is 18.2 Å². The molecule has 5 amide bonds. The molecule has 2 N–H and O–H groups in total. The minimum Gasteiger partial charge on any atom is -0.406 e. The SMILES string of the molecule is CC1C(=O)N(c2ccc(OC(F)(F)F)cc2)C(=O)N1Cc1ccncc1NC(=O)Nc1ccccc1. The molecule has 1 atom stereocenters. The Hall–Kier alpha value is -4.61. The molecule has 36 heavy (non-hydrogen) atoms. The number of alkyl halides is 3. The number of amides is 5. The second kappa shape index (κ2) is 9.94. The van der Waals surface area contributed by atoms with E-state index in [9.17, 15) is 27.6 Å². The Kier molecular flexibility index (Phi) is 6.77. The first-order valence-corrected chi connectivity index (χ1v) is 10.7. The van der Waals surface area contributed by atoms with Crippen LogP contribution in [0, 0.1) is 0 Å².